The Kier molecular flexibility index (Phi) is 43.4. The molecule has 0 rings (SSSR count). The number of aliphatic hydroxyl groups is 2. The summed E-state index contributed by atoms with van der Waals surface area (Å²) in [6.07, 6.45) is 60.4. The molecule has 0 aromatic carbocycles. The van der Waals surface area contributed by atoms with Crippen LogP contribution in [0.4, 0.5) is 0 Å². The van der Waals surface area contributed by atoms with Crippen LogP contribution in [-0.2, 0) is 14.3 Å². The van der Waals surface area contributed by atoms with Crippen molar-refractivity contribution < 1.29 is 24.5 Å². The first kappa shape index (κ1) is 55.8. The van der Waals surface area contributed by atoms with E-state index in [1.165, 1.54) is 38.5 Å². The molecule has 1 amide bonds. The molecule has 0 radical (unpaired) electrons. The molecule has 0 spiro atoms. The van der Waals surface area contributed by atoms with Crippen LogP contribution in [0.25, 0.3) is 0 Å². The summed E-state index contributed by atoms with van der Waals surface area (Å²) in [6.45, 7) is 6.19. The predicted octanol–water partition coefficient (Wildman–Crippen LogP) is 14.2. The minimum atomic E-state index is -0.807. The Morgan fingerprint density at radius 3 is 1.39 bits per heavy atom. The van der Waals surface area contributed by atoms with Crippen molar-refractivity contribution in [2.24, 2.45) is 0 Å². The highest BCUT2D eigenvalue weighted by molar-refractivity contribution is 5.77. The molecule has 59 heavy (non-hydrogen) atoms. The molecule has 0 saturated heterocycles. The van der Waals surface area contributed by atoms with E-state index < -0.39 is 18.2 Å². The van der Waals surface area contributed by atoms with Gasteiger partial charge in [-0.3, -0.25) is 9.59 Å². The van der Waals surface area contributed by atoms with Gasteiger partial charge in [-0.25, -0.2) is 0 Å². The van der Waals surface area contributed by atoms with Crippen LogP contribution >= 0.6 is 0 Å². The van der Waals surface area contributed by atoms with Crippen molar-refractivity contribution in [3.8, 4) is 0 Å². The molecule has 0 aliphatic rings. The van der Waals surface area contributed by atoms with Crippen molar-refractivity contribution in [3.63, 3.8) is 0 Å². The second kappa shape index (κ2) is 45.9. The third-order valence-electron chi connectivity index (χ3n) is 10.2. The number of allylic oxidation sites excluding steroid dienone is 16. The number of carbonyl (C=O) groups is 2. The van der Waals surface area contributed by atoms with Gasteiger partial charge in [-0.15, -0.1) is 0 Å². The molecule has 3 atom stereocenters. The van der Waals surface area contributed by atoms with Gasteiger partial charge in [-0.2, -0.15) is 0 Å². The van der Waals surface area contributed by atoms with Gasteiger partial charge in [0.1, 0.15) is 6.10 Å². The van der Waals surface area contributed by atoms with Crippen LogP contribution in [0.3, 0.4) is 0 Å². The number of nitrogens with one attached hydrogen (secondary N) is 1. The summed E-state index contributed by atoms with van der Waals surface area (Å²) in [7, 11) is 0. The van der Waals surface area contributed by atoms with E-state index >= 15 is 0 Å². The number of amides is 1. The van der Waals surface area contributed by atoms with Gasteiger partial charge in [0.2, 0.25) is 5.91 Å². The van der Waals surface area contributed by atoms with Crippen LogP contribution in [-0.4, -0.2) is 46.9 Å². The maximum Gasteiger partial charge on any atom is 0.306 e. The van der Waals surface area contributed by atoms with E-state index in [0.29, 0.717) is 19.3 Å². The topological polar surface area (TPSA) is 95.9 Å². The molecule has 0 heterocycles. The van der Waals surface area contributed by atoms with E-state index in [1.807, 2.05) is 0 Å². The lowest BCUT2D eigenvalue weighted by Crippen LogP contribution is -2.46. The Morgan fingerprint density at radius 2 is 0.915 bits per heavy atom. The molecule has 3 N–H and O–H groups in total. The first-order chi connectivity index (χ1) is 29.0. The van der Waals surface area contributed by atoms with Crippen LogP contribution in [0.1, 0.15) is 201 Å². The highest BCUT2D eigenvalue weighted by Gasteiger charge is 2.24. The molecule has 0 aliphatic carbocycles. The Bertz CT molecular complexity index is 1190. The molecule has 3 unspecified atom stereocenters. The van der Waals surface area contributed by atoms with E-state index in [2.05, 4.69) is 123 Å². The molecule has 6 heteroatoms. The lowest BCUT2D eigenvalue weighted by molar-refractivity contribution is -0.151. The van der Waals surface area contributed by atoms with Crippen LogP contribution in [0, 0.1) is 0 Å². The van der Waals surface area contributed by atoms with Crippen molar-refractivity contribution in [2.75, 3.05) is 6.61 Å². The zero-order valence-corrected chi connectivity index (χ0v) is 38.1. The molecule has 0 aliphatic heterocycles. The van der Waals surface area contributed by atoms with Crippen LogP contribution in [0.2, 0.25) is 0 Å². The summed E-state index contributed by atoms with van der Waals surface area (Å²) < 4.78 is 5.88. The van der Waals surface area contributed by atoms with E-state index in [9.17, 15) is 19.8 Å². The van der Waals surface area contributed by atoms with Crippen molar-refractivity contribution in [1.29, 1.82) is 0 Å². The summed E-state index contributed by atoms with van der Waals surface area (Å²) in [4.78, 5) is 26.0. The van der Waals surface area contributed by atoms with Gasteiger partial charge >= 0.3 is 5.97 Å². The quantitative estimate of drug-likeness (QED) is 0.0324. The number of ether oxygens (including phenoxy) is 1. The number of esters is 1. The maximum atomic E-state index is 13.1. The average molecular weight is 820 g/mol. The van der Waals surface area contributed by atoms with E-state index in [4.69, 9.17) is 4.74 Å². The first-order valence-corrected chi connectivity index (χ1v) is 24.0. The van der Waals surface area contributed by atoms with Crippen LogP contribution < -0.4 is 5.32 Å². The fourth-order valence-corrected chi connectivity index (χ4v) is 6.59. The fraction of sp³-hybridized carbons (Fsp3) is 0.660. The Hall–Kier alpha value is -3.22. The van der Waals surface area contributed by atoms with Crippen molar-refractivity contribution in [1.82, 2.24) is 5.32 Å². The second-order valence-corrected chi connectivity index (χ2v) is 15.7. The normalized spacial score (nSPS) is 14.2. The van der Waals surface area contributed by atoms with Crippen molar-refractivity contribution in [2.45, 2.75) is 219 Å². The minimum absolute atomic E-state index is 0.0319. The number of unbranched alkanes of at least 4 members (excludes halogenated alkanes) is 13. The molecular weight excluding hydrogens is 731 g/mol. The smallest absolute Gasteiger partial charge is 0.306 e. The maximum absolute atomic E-state index is 13.1. The SMILES string of the molecule is CC/C=C\C/C=C\C/C=C\C/C=C\C/C=C\CCCCCC(=O)OC(CCCC/C=C/C/C=C/C/C=C/CC)CC(=O)NC(CO)C(O)CCCCCCCCCCC. The lowest BCUT2D eigenvalue weighted by atomic mass is 10.0. The number of rotatable bonds is 41. The Labute approximate surface area is 363 Å². The van der Waals surface area contributed by atoms with Gasteiger partial charge in [-0.05, 0) is 103 Å². The Morgan fingerprint density at radius 1 is 0.508 bits per heavy atom. The highest BCUT2D eigenvalue weighted by atomic mass is 16.5. The number of hydrogen-bond acceptors (Lipinski definition) is 5. The zero-order chi connectivity index (χ0) is 43.1. The van der Waals surface area contributed by atoms with E-state index in [0.717, 1.165) is 116 Å². The molecule has 0 aromatic heterocycles. The monoisotopic (exact) mass is 820 g/mol. The summed E-state index contributed by atoms with van der Waals surface area (Å²) in [6, 6.07) is -0.724. The average Bonchev–Trinajstić information content (AvgIpc) is 3.23. The third-order valence-corrected chi connectivity index (χ3v) is 10.2. The molecule has 336 valence electrons. The van der Waals surface area contributed by atoms with Gasteiger partial charge < -0.3 is 20.3 Å². The van der Waals surface area contributed by atoms with E-state index in [1.54, 1.807) is 0 Å². The van der Waals surface area contributed by atoms with Crippen LogP contribution in [0.15, 0.2) is 97.2 Å². The summed E-state index contributed by atoms with van der Waals surface area (Å²) in [5.74, 6) is -0.562. The van der Waals surface area contributed by atoms with E-state index in [-0.39, 0.29) is 24.9 Å². The summed E-state index contributed by atoms with van der Waals surface area (Å²) in [5, 5.41) is 23.6. The number of aliphatic hydroxyl groups excluding tert-OH is 2. The fourth-order valence-electron chi connectivity index (χ4n) is 6.59. The minimum Gasteiger partial charge on any atom is -0.462 e. The predicted molar refractivity (Wildman–Crippen MR) is 254 cm³/mol. The summed E-state index contributed by atoms with van der Waals surface area (Å²) in [5.41, 5.74) is 0. The molecule has 0 saturated carbocycles. The van der Waals surface area contributed by atoms with Crippen molar-refractivity contribution in [3.05, 3.63) is 97.2 Å². The molecule has 0 bridgehead atoms. The van der Waals surface area contributed by atoms with Gasteiger partial charge in [0.05, 0.1) is 25.2 Å². The number of carbonyl (C=O) groups excluding carboxylic acids is 2. The van der Waals surface area contributed by atoms with Crippen molar-refractivity contribution >= 4 is 11.9 Å². The zero-order valence-electron chi connectivity index (χ0n) is 38.1. The first-order valence-electron chi connectivity index (χ1n) is 24.0. The van der Waals surface area contributed by atoms with Gasteiger partial charge in [0, 0.05) is 6.42 Å². The van der Waals surface area contributed by atoms with Gasteiger partial charge in [0.15, 0.2) is 0 Å². The van der Waals surface area contributed by atoms with Crippen LogP contribution in [0.5, 0.6) is 0 Å². The summed E-state index contributed by atoms with van der Waals surface area (Å²) >= 11 is 0. The largest absolute Gasteiger partial charge is 0.462 e. The molecule has 0 aromatic rings. The molecule has 6 nitrogen and oxygen atoms in total. The Balaban J connectivity index is 4.68. The molecular formula is C53H89NO5. The number of hydrogen-bond donors (Lipinski definition) is 3. The second-order valence-electron chi connectivity index (χ2n) is 15.7. The lowest BCUT2D eigenvalue weighted by Gasteiger charge is -2.24. The van der Waals surface area contributed by atoms with Gasteiger partial charge in [-0.1, -0.05) is 182 Å². The third kappa shape index (κ3) is 41.3. The highest BCUT2D eigenvalue weighted by Crippen LogP contribution is 2.16. The van der Waals surface area contributed by atoms with Gasteiger partial charge in [0.25, 0.3) is 0 Å². The molecule has 0 fully saturated rings. The standard InChI is InChI=1S/C53H89NO5/c1-4-7-10-13-16-19-21-23-24-25-26-27-28-29-31-34-37-40-43-46-53(58)59-49(44-41-38-35-33-30-22-20-17-14-11-8-5-2)47-52(57)54-50(48-55)51(56)45-42-39-36-32-18-15-12-9-6-3/h7-8,10-11,16-17,19-20,23-24,26-27,29-31,33,49-51,55-56H,4-6,9,12-15,18,21-22,25,28,32,34-48H2,1-3H3,(H,54,57)/b10-7-,11-8+,19-16-,20-17+,24-23-,27-26-,31-29-,33-30+.